The summed E-state index contributed by atoms with van der Waals surface area (Å²) < 4.78 is 5.89. The molecular weight excluding hydrogens is 416 g/mol. The molecule has 0 bridgehead atoms. The summed E-state index contributed by atoms with van der Waals surface area (Å²) in [6.45, 7) is 23.4. The summed E-state index contributed by atoms with van der Waals surface area (Å²) in [6, 6.07) is 0. The van der Waals surface area contributed by atoms with Gasteiger partial charge in [-0.05, 0) is 118 Å². The number of carbonyl (C=O) groups excluding carboxylic acids is 1. The molecule has 4 aliphatic rings. The van der Waals surface area contributed by atoms with Crippen LogP contribution in [0.25, 0.3) is 0 Å². The summed E-state index contributed by atoms with van der Waals surface area (Å²) in [5.41, 5.74) is 4.17. The van der Waals surface area contributed by atoms with Gasteiger partial charge < -0.3 is 4.74 Å². The molecule has 0 heterocycles. The lowest BCUT2D eigenvalue weighted by atomic mass is 9.35. The Bertz CT molecular complexity index is 847. The first kappa shape index (κ1) is 26.0. The van der Waals surface area contributed by atoms with Crippen molar-refractivity contribution >= 4 is 5.97 Å². The van der Waals surface area contributed by atoms with Crippen LogP contribution < -0.4 is 0 Å². The van der Waals surface area contributed by atoms with Crippen LogP contribution in [-0.2, 0) is 9.53 Å². The van der Waals surface area contributed by atoms with Crippen molar-refractivity contribution in [3.05, 3.63) is 23.8 Å². The number of allylic oxidation sites excluding steroid dienone is 3. The van der Waals surface area contributed by atoms with Crippen molar-refractivity contribution in [2.45, 2.75) is 126 Å². The van der Waals surface area contributed by atoms with E-state index in [0.29, 0.717) is 22.2 Å². The number of hydrogen-bond acceptors (Lipinski definition) is 2. The fourth-order valence-corrected chi connectivity index (χ4v) is 10.4. The summed E-state index contributed by atoms with van der Waals surface area (Å²) in [6.07, 6.45) is 15.1. The van der Waals surface area contributed by atoms with Gasteiger partial charge in [-0.25, -0.2) is 0 Å². The maximum atomic E-state index is 11.8. The van der Waals surface area contributed by atoms with Crippen molar-refractivity contribution in [1.29, 1.82) is 0 Å². The second-order valence-electron chi connectivity index (χ2n) is 14.3. The predicted octanol–water partition coefficient (Wildman–Crippen LogP) is 8.91. The van der Waals surface area contributed by atoms with E-state index in [-0.39, 0.29) is 17.5 Å². The van der Waals surface area contributed by atoms with E-state index in [0.717, 1.165) is 37.0 Å². The fraction of sp³-hybridized carbons (Fsp3) is 0.844. The van der Waals surface area contributed by atoms with E-state index in [4.69, 9.17) is 4.74 Å². The first-order valence-corrected chi connectivity index (χ1v) is 14.3. The van der Waals surface area contributed by atoms with Crippen LogP contribution in [0, 0.1) is 45.3 Å². The minimum atomic E-state index is -0.114. The normalized spacial score (nSPS) is 44.9. The maximum absolute atomic E-state index is 11.8. The molecule has 192 valence electrons. The van der Waals surface area contributed by atoms with E-state index >= 15 is 0 Å². The third kappa shape index (κ3) is 3.85. The summed E-state index contributed by atoms with van der Waals surface area (Å²) in [5.74, 6) is 2.81. The Morgan fingerprint density at radius 1 is 0.882 bits per heavy atom. The van der Waals surface area contributed by atoms with Gasteiger partial charge in [0.2, 0.25) is 0 Å². The Morgan fingerprint density at radius 3 is 2.21 bits per heavy atom. The van der Waals surface area contributed by atoms with Crippen molar-refractivity contribution < 1.29 is 9.53 Å². The van der Waals surface area contributed by atoms with Gasteiger partial charge in [-0.15, -0.1) is 0 Å². The first-order chi connectivity index (χ1) is 15.8. The Balaban J connectivity index is 1.57. The lowest BCUT2D eigenvalue weighted by Gasteiger charge is -2.70. The van der Waals surface area contributed by atoms with Gasteiger partial charge in [-0.3, -0.25) is 4.79 Å². The van der Waals surface area contributed by atoms with Gasteiger partial charge in [0, 0.05) is 12.3 Å². The highest BCUT2D eigenvalue weighted by atomic mass is 16.5. The molecule has 0 saturated heterocycles. The molecular formula is C32H52O2. The van der Waals surface area contributed by atoms with Crippen LogP contribution in [-0.4, -0.2) is 12.1 Å². The molecule has 0 unspecified atom stereocenters. The van der Waals surface area contributed by atoms with Gasteiger partial charge in [0.1, 0.15) is 6.10 Å². The van der Waals surface area contributed by atoms with Crippen LogP contribution >= 0.6 is 0 Å². The Morgan fingerprint density at radius 2 is 1.56 bits per heavy atom. The average Bonchev–Trinajstić information content (AvgIpc) is 3.08. The van der Waals surface area contributed by atoms with Crippen LogP contribution in [0.4, 0.5) is 0 Å². The number of esters is 1. The van der Waals surface area contributed by atoms with E-state index in [1.165, 1.54) is 56.1 Å². The highest BCUT2D eigenvalue weighted by Crippen LogP contribution is 2.75. The molecule has 4 saturated carbocycles. The zero-order valence-electron chi connectivity index (χ0n) is 23.6. The number of ether oxygens (including phenoxy) is 1. The van der Waals surface area contributed by atoms with Crippen molar-refractivity contribution in [1.82, 2.24) is 0 Å². The van der Waals surface area contributed by atoms with Crippen LogP contribution in [0.2, 0.25) is 0 Å². The molecule has 0 amide bonds. The van der Waals surface area contributed by atoms with Crippen molar-refractivity contribution in [3.8, 4) is 0 Å². The van der Waals surface area contributed by atoms with Crippen LogP contribution in [0.5, 0.6) is 0 Å². The lowest BCUT2D eigenvalue weighted by Crippen LogP contribution is -2.64. The molecule has 4 aliphatic carbocycles. The Hall–Kier alpha value is -1.05. The van der Waals surface area contributed by atoms with E-state index in [1.807, 2.05) is 0 Å². The van der Waals surface area contributed by atoms with Crippen LogP contribution in [0.1, 0.15) is 120 Å². The average molecular weight is 469 g/mol. The van der Waals surface area contributed by atoms with E-state index in [2.05, 4.69) is 61.1 Å². The van der Waals surface area contributed by atoms with E-state index < -0.39 is 0 Å². The molecule has 0 aromatic rings. The van der Waals surface area contributed by atoms with Gasteiger partial charge in [0.05, 0.1) is 0 Å². The summed E-state index contributed by atoms with van der Waals surface area (Å²) in [4.78, 5) is 11.8. The zero-order chi connectivity index (χ0) is 25.1. The Labute approximate surface area is 210 Å². The zero-order valence-corrected chi connectivity index (χ0v) is 23.6. The second-order valence-corrected chi connectivity index (χ2v) is 14.3. The summed E-state index contributed by atoms with van der Waals surface area (Å²) >= 11 is 0. The van der Waals surface area contributed by atoms with Gasteiger partial charge in [-0.1, -0.05) is 58.4 Å². The quantitative estimate of drug-likeness (QED) is 0.297. The molecule has 8 atom stereocenters. The van der Waals surface area contributed by atoms with Crippen molar-refractivity contribution in [2.75, 3.05) is 0 Å². The first-order valence-electron chi connectivity index (χ1n) is 14.3. The predicted molar refractivity (Wildman–Crippen MR) is 142 cm³/mol. The third-order valence-corrected chi connectivity index (χ3v) is 12.2. The molecule has 2 nitrogen and oxygen atoms in total. The Kier molecular flexibility index (Phi) is 6.74. The molecule has 4 rings (SSSR count). The highest BCUT2D eigenvalue weighted by Gasteiger charge is 2.68. The van der Waals surface area contributed by atoms with Crippen molar-refractivity contribution in [2.24, 2.45) is 45.3 Å². The SMILES string of the molecule is C=C(CCC=C(C)C)[C@H]1CC[C@]2(C)[C@@H]1CC[C@H]1[C@@]3(C)CC[C@H](OC(C)=O)C(C)(C)[C@@H]3CC[C@]12C. The highest BCUT2D eigenvalue weighted by molar-refractivity contribution is 5.66. The standard InChI is InChI=1S/C32H52O2/c1-21(2)11-10-12-22(3)24-15-19-31(8)25(24)13-14-27-30(7)18-17-28(34-23(4)33)29(5,6)26(30)16-20-32(27,31)9/h11,24-28H,3,10,12-20H2,1-2,4-9H3/t24-,25-,26+,27+,28+,30+,31-,32-/m1/s1. The largest absolute Gasteiger partial charge is 0.462 e. The molecule has 2 heteroatoms. The molecule has 0 aromatic carbocycles. The molecule has 0 aromatic heterocycles. The van der Waals surface area contributed by atoms with Crippen molar-refractivity contribution in [3.63, 3.8) is 0 Å². The summed E-state index contributed by atoms with van der Waals surface area (Å²) in [5, 5.41) is 0. The topological polar surface area (TPSA) is 26.3 Å². The monoisotopic (exact) mass is 468 g/mol. The van der Waals surface area contributed by atoms with Gasteiger partial charge >= 0.3 is 5.97 Å². The van der Waals surface area contributed by atoms with E-state index in [9.17, 15) is 4.79 Å². The van der Waals surface area contributed by atoms with Gasteiger partial charge in [0.15, 0.2) is 0 Å². The number of hydrogen-bond donors (Lipinski definition) is 0. The second kappa shape index (κ2) is 8.81. The summed E-state index contributed by atoms with van der Waals surface area (Å²) in [7, 11) is 0. The third-order valence-electron chi connectivity index (χ3n) is 12.2. The maximum Gasteiger partial charge on any atom is 0.302 e. The molecule has 4 fully saturated rings. The fourth-order valence-electron chi connectivity index (χ4n) is 10.4. The molecule has 0 aliphatic heterocycles. The number of fused-ring (bicyclic) bond motifs is 5. The van der Waals surface area contributed by atoms with Crippen LogP contribution in [0.3, 0.4) is 0 Å². The number of rotatable bonds is 5. The molecule has 34 heavy (non-hydrogen) atoms. The number of carbonyl (C=O) groups is 1. The smallest absolute Gasteiger partial charge is 0.302 e. The van der Waals surface area contributed by atoms with Gasteiger partial charge in [0.25, 0.3) is 0 Å². The molecule has 0 spiro atoms. The van der Waals surface area contributed by atoms with E-state index in [1.54, 1.807) is 6.92 Å². The lowest BCUT2D eigenvalue weighted by molar-refractivity contribution is -0.226. The minimum Gasteiger partial charge on any atom is -0.462 e. The van der Waals surface area contributed by atoms with Gasteiger partial charge in [-0.2, -0.15) is 0 Å². The molecule has 0 N–H and O–H groups in total. The van der Waals surface area contributed by atoms with Crippen LogP contribution in [0.15, 0.2) is 23.8 Å². The minimum absolute atomic E-state index is 0.0508. The molecule has 0 radical (unpaired) electrons.